The Morgan fingerprint density at radius 2 is 1.59 bits per heavy atom. The number of halogens is 1. The Morgan fingerprint density at radius 3 is 2.24 bits per heavy atom. The standard InChI is InChI=1S/C33H35FN2O5/c1-33(2,3)26-13-11-24(12-14-26)32(39)35(17-18-40-4)21-30(37)36(19-23-9-15-27(34)16-10-23)20-25-22-41-29-8-6-5-7-28(29)31(25)38/h5-16,22H,17-21H2,1-4H3. The van der Waals surface area contributed by atoms with E-state index in [2.05, 4.69) is 20.8 Å². The van der Waals surface area contributed by atoms with Crippen molar-refractivity contribution in [1.29, 1.82) is 0 Å². The summed E-state index contributed by atoms with van der Waals surface area (Å²) in [4.78, 5) is 43.4. The van der Waals surface area contributed by atoms with Crippen LogP contribution in [0.2, 0.25) is 0 Å². The van der Waals surface area contributed by atoms with Crippen LogP contribution in [0.25, 0.3) is 11.0 Å². The molecule has 8 heteroatoms. The van der Waals surface area contributed by atoms with Crippen LogP contribution >= 0.6 is 0 Å². The lowest BCUT2D eigenvalue weighted by molar-refractivity contribution is -0.133. The Balaban J connectivity index is 1.62. The summed E-state index contributed by atoms with van der Waals surface area (Å²) in [5.74, 6) is -1.07. The summed E-state index contributed by atoms with van der Waals surface area (Å²) in [6, 6.07) is 20.1. The first kappa shape index (κ1) is 29.7. The quantitative estimate of drug-likeness (QED) is 0.255. The molecule has 1 heterocycles. The molecule has 4 aromatic rings. The van der Waals surface area contributed by atoms with Gasteiger partial charge in [-0.05, 0) is 52.9 Å². The molecule has 0 spiro atoms. The summed E-state index contributed by atoms with van der Waals surface area (Å²) in [5.41, 5.74) is 2.67. The predicted octanol–water partition coefficient (Wildman–Crippen LogP) is 5.55. The maximum absolute atomic E-state index is 13.8. The van der Waals surface area contributed by atoms with Crippen molar-refractivity contribution in [2.75, 3.05) is 26.8 Å². The van der Waals surface area contributed by atoms with Gasteiger partial charge in [0, 0.05) is 25.8 Å². The maximum atomic E-state index is 13.8. The predicted molar refractivity (Wildman–Crippen MR) is 156 cm³/mol. The minimum Gasteiger partial charge on any atom is -0.464 e. The van der Waals surface area contributed by atoms with Crippen molar-refractivity contribution in [3.63, 3.8) is 0 Å². The highest BCUT2D eigenvalue weighted by molar-refractivity contribution is 5.96. The normalized spacial score (nSPS) is 11.4. The second-order valence-electron chi connectivity index (χ2n) is 11.0. The van der Waals surface area contributed by atoms with Gasteiger partial charge in [-0.2, -0.15) is 0 Å². The second kappa shape index (κ2) is 12.9. The topological polar surface area (TPSA) is 80.1 Å². The van der Waals surface area contributed by atoms with E-state index < -0.39 is 5.82 Å². The number of rotatable bonds is 10. The number of hydrogen-bond donors (Lipinski definition) is 0. The molecule has 3 aromatic carbocycles. The SMILES string of the molecule is COCCN(CC(=O)N(Cc1ccc(F)cc1)Cc1coc2ccccc2c1=O)C(=O)c1ccc(C(C)(C)C)cc1. The van der Waals surface area contributed by atoms with Crippen molar-refractivity contribution < 1.29 is 23.1 Å². The van der Waals surface area contributed by atoms with E-state index in [4.69, 9.17) is 9.15 Å². The molecule has 2 amide bonds. The van der Waals surface area contributed by atoms with Gasteiger partial charge in [-0.15, -0.1) is 0 Å². The average molecular weight is 559 g/mol. The molecule has 0 atom stereocenters. The van der Waals surface area contributed by atoms with Crippen molar-refractivity contribution in [2.24, 2.45) is 0 Å². The Bertz CT molecular complexity index is 1560. The third-order valence-electron chi connectivity index (χ3n) is 6.93. The molecule has 0 saturated heterocycles. The van der Waals surface area contributed by atoms with E-state index in [1.807, 2.05) is 12.1 Å². The Morgan fingerprint density at radius 1 is 0.902 bits per heavy atom. The molecule has 0 fully saturated rings. The van der Waals surface area contributed by atoms with Crippen LogP contribution in [0, 0.1) is 5.82 Å². The lowest BCUT2D eigenvalue weighted by Gasteiger charge is -2.28. The molecule has 0 N–H and O–H groups in total. The van der Waals surface area contributed by atoms with Crippen molar-refractivity contribution in [3.05, 3.63) is 117 Å². The zero-order valence-corrected chi connectivity index (χ0v) is 23.9. The first-order valence-electron chi connectivity index (χ1n) is 13.5. The summed E-state index contributed by atoms with van der Waals surface area (Å²) in [6.45, 7) is 6.56. The average Bonchev–Trinajstić information content (AvgIpc) is 2.96. The molecule has 214 valence electrons. The molecule has 0 bridgehead atoms. The fourth-order valence-electron chi connectivity index (χ4n) is 4.49. The molecular weight excluding hydrogens is 523 g/mol. The lowest BCUT2D eigenvalue weighted by Crippen LogP contribution is -2.44. The van der Waals surface area contributed by atoms with Crippen molar-refractivity contribution in [1.82, 2.24) is 9.80 Å². The summed E-state index contributed by atoms with van der Waals surface area (Å²) in [6.07, 6.45) is 1.36. The molecule has 0 aliphatic rings. The van der Waals surface area contributed by atoms with Gasteiger partial charge in [-0.1, -0.05) is 57.2 Å². The van der Waals surface area contributed by atoms with Crippen LogP contribution < -0.4 is 5.43 Å². The van der Waals surface area contributed by atoms with E-state index in [1.54, 1.807) is 48.5 Å². The molecule has 0 aliphatic heterocycles. The summed E-state index contributed by atoms with van der Waals surface area (Å²) >= 11 is 0. The Kier molecular flexibility index (Phi) is 9.35. The second-order valence-corrected chi connectivity index (χ2v) is 11.0. The Hall–Kier alpha value is -4.30. The van der Waals surface area contributed by atoms with Crippen LogP contribution in [0.5, 0.6) is 0 Å². The summed E-state index contributed by atoms with van der Waals surface area (Å²) in [7, 11) is 1.53. The molecular formula is C33H35FN2O5. The smallest absolute Gasteiger partial charge is 0.254 e. The highest BCUT2D eigenvalue weighted by Gasteiger charge is 2.24. The number of carbonyl (C=O) groups excluding carboxylic acids is 2. The van der Waals surface area contributed by atoms with Crippen molar-refractivity contribution in [3.8, 4) is 0 Å². The number of hydrogen-bond acceptors (Lipinski definition) is 5. The monoisotopic (exact) mass is 558 g/mol. The highest BCUT2D eigenvalue weighted by Crippen LogP contribution is 2.23. The maximum Gasteiger partial charge on any atom is 0.254 e. The van der Waals surface area contributed by atoms with E-state index in [1.165, 1.54) is 35.3 Å². The van der Waals surface area contributed by atoms with Crippen molar-refractivity contribution >= 4 is 22.8 Å². The number of ether oxygens (including phenoxy) is 1. The van der Waals surface area contributed by atoms with Gasteiger partial charge in [0.25, 0.3) is 5.91 Å². The van der Waals surface area contributed by atoms with Crippen LogP contribution in [0.1, 0.15) is 47.8 Å². The highest BCUT2D eigenvalue weighted by atomic mass is 19.1. The minimum atomic E-state index is -0.393. The van der Waals surface area contributed by atoms with Gasteiger partial charge in [-0.3, -0.25) is 14.4 Å². The van der Waals surface area contributed by atoms with Crippen LogP contribution in [0.4, 0.5) is 4.39 Å². The fraction of sp³-hybridized carbons (Fsp3) is 0.303. The van der Waals surface area contributed by atoms with Gasteiger partial charge in [0.05, 0.1) is 30.4 Å². The van der Waals surface area contributed by atoms with Crippen LogP contribution in [-0.4, -0.2) is 48.4 Å². The first-order valence-corrected chi connectivity index (χ1v) is 13.5. The van der Waals surface area contributed by atoms with Crippen LogP contribution in [-0.2, 0) is 28.0 Å². The van der Waals surface area contributed by atoms with Gasteiger partial charge >= 0.3 is 0 Å². The van der Waals surface area contributed by atoms with E-state index >= 15 is 0 Å². The number of nitrogens with zero attached hydrogens (tertiary/aromatic N) is 2. The number of amides is 2. The van der Waals surface area contributed by atoms with Gasteiger partial charge in [0.1, 0.15) is 17.9 Å². The van der Waals surface area contributed by atoms with E-state index in [0.29, 0.717) is 27.7 Å². The third kappa shape index (κ3) is 7.46. The lowest BCUT2D eigenvalue weighted by atomic mass is 9.86. The van der Waals surface area contributed by atoms with E-state index in [9.17, 15) is 18.8 Å². The number of para-hydroxylation sites is 1. The molecule has 7 nitrogen and oxygen atoms in total. The molecule has 0 radical (unpaired) electrons. The van der Waals surface area contributed by atoms with Crippen LogP contribution in [0.15, 0.2) is 88.3 Å². The van der Waals surface area contributed by atoms with Gasteiger partial charge in [-0.25, -0.2) is 4.39 Å². The number of carbonyl (C=O) groups is 2. The number of benzene rings is 3. The van der Waals surface area contributed by atoms with Gasteiger partial charge in [0.2, 0.25) is 5.91 Å². The minimum absolute atomic E-state index is 0.0457. The summed E-state index contributed by atoms with van der Waals surface area (Å²) < 4.78 is 24.5. The summed E-state index contributed by atoms with van der Waals surface area (Å²) in [5, 5.41) is 0.412. The fourth-order valence-corrected chi connectivity index (χ4v) is 4.49. The molecule has 4 rings (SSSR count). The van der Waals surface area contributed by atoms with Gasteiger partial charge < -0.3 is 19.0 Å². The zero-order valence-electron chi connectivity index (χ0n) is 23.9. The van der Waals surface area contributed by atoms with Crippen LogP contribution in [0.3, 0.4) is 0 Å². The third-order valence-corrected chi connectivity index (χ3v) is 6.93. The molecule has 0 unspecified atom stereocenters. The Labute approximate surface area is 239 Å². The molecule has 41 heavy (non-hydrogen) atoms. The largest absolute Gasteiger partial charge is 0.464 e. The van der Waals surface area contributed by atoms with E-state index in [0.717, 1.165) is 5.56 Å². The van der Waals surface area contributed by atoms with Crippen molar-refractivity contribution in [2.45, 2.75) is 39.3 Å². The molecule has 0 aliphatic carbocycles. The zero-order chi connectivity index (χ0) is 29.6. The molecule has 1 aromatic heterocycles. The first-order chi connectivity index (χ1) is 19.6. The molecule has 0 saturated carbocycles. The van der Waals surface area contributed by atoms with E-state index in [-0.39, 0.29) is 55.4 Å². The van der Waals surface area contributed by atoms with Gasteiger partial charge in [0.15, 0.2) is 5.43 Å². The number of methoxy groups -OCH3 is 1. The number of fused-ring (bicyclic) bond motifs is 1.